The lowest BCUT2D eigenvalue weighted by atomic mass is 9.98. The molecule has 124 valence electrons. The van der Waals surface area contributed by atoms with Gasteiger partial charge in [0.15, 0.2) is 0 Å². The fourth-order valence-corrected chi connectivity index (χ4v) is 3.18. The Balaban J connectivity index is 1.51. The molecule has 1 heterocycles. The van der Waals surface area contributed by atoms with Gasteiger partial charge in [-0.25, -0.2) is 9.78 Å². The molecule has 2 aromatic carbocycles. The highest BCUT2D eigenvalue weighted by atomic mass is 16.5. The third-order valence-electron chi connectivity index (χ3n) is 4.25. The molecule has 3 aromatic rings. The van der Waals surface area contributed by atoms with Gasteiger partial charge >= 0.3 is 6.09 Å². The van der Waals surface area contributed by atoms with Crippen LogP contribution in [0.1, 0.15) is 17.0 Å². The summed E-state index contributed by atoms with van der Waals surface area (Å²) in [6.45, 7) is 0.211. The molecule has 6 nitrogen and oxygen atoms in total. The van der Waals surface area contributed by atoms with E-state index in [0.29, 0.717) is 0 Å². The number of rotatable bonds is 3. The molecule has 1 aromatic heterocycles. The Morgan fingerprint density at radius 2 is 1.72 bits per heavy atom. The zero-order valence-electron chi connectivity index (χ0n) is 13.2. The van der Waals surface area contributed by atoms with Gasteiger partial charge in [-0.3, -0.25) is 10.1 Å². The van der Waals surface area contributed by atoms with Crippen LogP contribution in [0.15, 0.2) is 65.7 Å². The zero-order chi connectivity index (χ0) is 17.2. The van der Waals surface area contributed by atoms with E-state index in [1.54, 1.807) is 0 Å². The number of hydrogen-bond donors (Lipinski definition) is 2. The van der Waals surface area contributed by atoms with Crippen LogP contribution in [0, 0.1) is 0 Å². The lowest BCUT2D eigenvalue weighted by molar-refractivity contribution is 0.158. The summed E-state index contributed by atoms with van der Waals surface area (Å²) in [7, 11) is 0. The number of nitrogens with zero attached hydrogens (tertiary/aromatic N) is 1. The number of nitrogens with one attached hydrogen (secondary N) is 2. The summed E-state index contributed by atoms with van der Waals surface area (Å²) in [5, 5.41) is 2.46. The molecule has 6 heteroatoms. The van der Waals surface area contributed by atoms with E-state index in [1.807, 2.05) is 24.3 Å². The van der Waals surface area contributed by atoms with Crippen molar-refractivity contribution < 1.29 is 9.53 Å². The predicted octanol–water partition coefficient (Wildman–Crippen LogP) is 3.13. The van der Waals surface area contributed by atoms with Crippen molar-refractivity contribution in [2.24, 2.45) is 0 Å². The van der Waals surface area contributed by atoms with Crippen LogP contribution in [0.2, 0.25) is 0 Å². The molecule has 0 saturated heterocycles. The fraction of sp³-hybridized carbons (Fsp3) is 0.105. The Hall–Kier alpha value is -3.41. The molecule has 2 N–H and O–H groups in total. The quantitative estimate of drug-likeness (QED) is 0.771. The second-order valence-corrected chi connectivity index (χ2v) is 5.75. The molecule has 25 heavy (non-hydrogen) atoms. The lowest BCUT2D eigenvalue weighted by Crippen LogP contribution is -2.19. The van der Waals surface area contributed by atoms with Gasteiger partial charge in [-0.05, 0) is 22.3 Å². The van der Waals surface area contributed by atoms with E-state index in [4.69, 9.17) is 4.74 Å². The number of hydrogen-bond acceptors (Lipinski definition) is 4. The first-order valence-corrected chi connectivity index (χ1v) is 7.89. The first-order valence-electron chi connectivity index (χ1n) is 7.89. The van der Waals surface area contributed by atoms with Crippen LogP contribution in [0.4, 0.5) is 10.6 Å². The molecule has 1 amide bonds. The minimum absolute atomic E-state index is 0.00900. The number of anilines is 1. The third-order valence-corrected chi connectivity index (χ3v) is 4.25. The topological polar surface area (TPSA) is 84.1 Å². The number of amides is 1. The second kappa shape index (κ2) is 6.24. The molecule has 0 saturated carbocycles. The second-order valence-electron chi connectivity index (χ2n) is 5.75. The summed E-state index contributed by atoms with van der Waals surface area (Å²) in [6, 6.07) is 17.4. The molecule has 0 radical (unpaired) electrons. The van der Waals surface area contributed by atoms with Crippen molar-refractivity contribution in [3.63, 3.8) is 0 Å². The molecule has 0 fully saturated rings. The smallest absolute Gasteiger partial charge is 0.412 e. The first-order chi connectivity index (χ1) is 12.2. The minimum atomic E-state index is -0.639. The van der Waals surface area contributed by atoms with Crippen molar-refractivity contribution in [2.75, 3.05) is 11.9 Å². The highest BCUT2D eigenvalue weighted by Crippen LogP contribution is 2.44. The first kappa shape index (κ1) is 15.1. The van der Waals surface area contributed by atoms with Gasteiger partial charge in [0.25, 0.3) is 5.56 Å². The van der Waals surface area contributed by atoms with Crippen LogP contribution in [0.3, 0.4) is 0 Å². The summed E-state index contributed by atoms with van der Waals surface area (Å²) < 4.78 is 5.38. The van der Waals surface area contributed by atoms with Crippen LogP contribution in [0.5, 0.6) is 0 Å². The van der Waals surface area contributed by atoms with Crippen molar-refractivity contribution >= 4 is 11.9 Å². The lowest BCUT2D eigenvalue weighted by Gasteiger charge is -2.14. The number of ether oxygens (including phenoxy) is 1. The molecular weight excluding hydrogens is 318 g/mol. The zero-order valence-corrected chi connectivity index (χ0v) is 13.2. The molecule has 4 rings (SSSR count). The van der Waals surface area contributed by atoms with Gasteiger partial charge in [-0.2, -0.15) is 0 Å². The maximum Gasteiger partial charge on any atom is 0.412 e. The van der Waals surface area contributed by atoms with Crippen molar-refractivity contribution in [1.82, 2.24) is 9.97 Å². The van der Waals surface area contributed by atoms with Gasteiger partial charge in [-0.15, -0.1) is 0 Å². The van der Waals surface area contributed by atoms with Crippen LogP contribution in [0.25, 0.3) is 11.1 Å². The normalized spacial score (nSPS) is 12.3. The fourth-order valence-electron chi connectivity index (χ4n) is 3.18. The van der Waals surface area contributed by atoms with E-state index in [0.717, 1.165) is 11.1 Å². The Labute approximate surface area is 143 Å². The van der Waals surface area contributed by atoms with E-state index >= 15 is 0 Å². The van der Waals surface area contributed by atoms with Crippen LogP contribution < -0.4 is 10.9 Å². The van der Waals surface area contributed by atoms with Gasteiger partial charge in [0.2, 0.25) is 0 Å². The number of aromatic nitrogens is 2. The molecule has 0 unspecified atom stereocenters. The SMILES string of the molecule is O=C(Nc1cc(=O)[nH]cn1)OCC1c2ccccc2-c2ccccc21. The van der Waals surface area contributed by atoms with E-state index in [9.17, 15) is 9.59 Å². The maximum atomic E-state index is 12.0. The van der Waals surface area contributed by atoms with Crippen molar-refractivity contribution in [3.8, 4) is 11.1 Å². The summed E-state index contributed by atoms with van der Waals surface area (Å²) in [6.07, 6.45) is 0.585. The number of fused-ring (bicyclic) bond motifs is 3. The van der Waals surface area contributed by atoms with E-state index < -0.39 is 6.09 Å². The molecule has 0 bridgehead atoms. The molecule has 0 atom stereocenters. The van der Waals surface area contributed by atoms with Gasteiger partial charge in [0.1, 0.15) is 12.4 Å². The number of H-pyrrole nitrogens is 1. The number of aromatic amines is 1. The molecule has 0 spiro atoms. The summed E-state index contributed by atoms with van der Waals surface area (Å²) in [4.78, 5) is 29.5. The van der Waals surface area contributed by atoms with Crippen molar-refractivity contribution in [1.29, 1.82) is 0 Å². The Kier molecular flexibility index (Phi) is 3.78. The Bertz CT molecular complexity index is 951. The van der Waals surface area contributed by atoms with Crippen LogP contribution >= 0.6 is 0 Å². The number of benzene rings is 2. The van der Waals surface area contributed by atoms with Crippen molar-refractivity contribution in [3.05, 3.63) is 82.4 Å². The average molecular weight is 333 g/mol. The average Bonchev–Trinajstić information content (AvgIpc) is 2.94. The highest BCUT2D eigenvalue weighted by Gasteiger charge is 2.28. The Morgan fingerprint density at radius 1 is 1.08 bits per heavy atom. The summed E-state index contributed by atoms with van der Waals surface area (Å²) in [5.41, 5.74) is 4.28. The van der Waals surface area contributed by atoms with Gasteiger partial charge in [0, 0.05) is 12.0 Å². The van der Waals surface area contributed by atoms with Gasteiger partial charge in [0.05, 0.1) is 6.33 Å². The molecule has 1 aliphatic rings. The summed E-state index contributed by atoms with van der Waals surface area (Å²) in [5.74, 6) is 0.145. The number of carbonyl (C=O) groups is 1. The predicted molar refractivity (Wildman–Crippen MR) is 93.5 cm³/mol. The van der Waals surface area contributed by atoms with Crippen LogP contribution in [-0.4, -0.2) is 22.7 Å². The minimum Gasteiger partial charge on any atom is -0.448 e. The monoisotopic (exact) mass is 333 g/mol. The van der Waals surface area contributed by atoms with E-state index in [1.165, 1.54) is 23.5 Å². The maximum absolute atomic E-state index is 12.0. The summed E-state index contributed by atoms with van der Waals surface area (Å²) >= 11 is 0. The largest absolute Gasteiger partial charge is 0.448 e. The van der Waals surface area contributed by atoms with E-state index in [-0.39, 0.29) is 23.9 Å². The number of carbonyl (C=O) groups excluding carboxylic acids is 1. The van der Waals surface area contributed by atoms with Crippen LogP contribution in [-0.2, 0) is 4.74 Å². The standard InChI is InChI=1S/C19H15N3O3/c23-18-9-17(20-11-21-18)22-19(24)25-10-16-14-7-3-1-5-12(14)13-6-2-4-8-15(13)16/h1-9,11,16H,10H2,(H2,20,21,22,23,24). The highest BCUT2D eigenvalue weighted by molar-refractivity contribution is 5.83. The molecule has 0 aliphatic heterocycles. The third kappa shape index (κ3) is 2.89. The van der Waals surface area contributed by atoms with Crippen molar-refractivity contribution in [2.45, 2.75) is 5.92 Å². The Morgan fingerprint density at radius 3 is 2.36 bits per heavy atom. The van der Waals surface area contributed by atoms with E-state index in [2.05, 4.69) is 39.6 Å². The van der Waals surface area contributed by atoms with Gasteiger partial charge < -0.3 is 9.72 Å². The molecule has 1 aliphatic carbocycles. The van der Waals surface area contributed by atoms with Gasteiger partial charge in [-0.1, -0.05) is 48.5 Å². The molecular formula is C19H15N3O3.